The lowest BCUT2D eigenvalue weighted by Crippen LogP contribution is -2.19. The van der Waals surface area contributed by atoms with Crippen LogP contribution in [0.5, 0.6) is 40.2 Å². The molecule has 5 heterocycles. The quantitative estimate of drug-likeness (QED) is 0.0215. The molecule has 0 aliphatic carbocycles. The smallest absolute Gasteiger partial charge is 0.302 e. The molecule has 580 valence electrons. The second-order valence-electron chi connectivity index (χ2n) is 29.4. The van der Waals surface area contributed by atoms with Gasteiger partial charge in [0.25, 0.3) is 0 Å². The highest BCUT2D eigenvalue weighted by atomic mass is 16.5. The van der Waals surface area contributed by atoms with Gasteiger partial charge in [0, 0.05) is 91.6 Å². The number of unbranched alkanes of at least 4 members (excludes halogenated alkanes) is 27. The summed E-state index contributed by atoms with van der Waals surface area (Å²) in [6.07, 6.45) is 38.1. The Hall–Kier alpha value is -8.45. The summed E-state index contributed by atoms with van der Waals surface area (Å²) in [4.78, 5) is 27.4. The molecule has 9 rings (SSSR count). The predicted molar refractivity (Wildman–Crippen MR) is 440 cm³/mol. The minimum Gasteiger partial charge on any atom is -0.494 e. The molecule has 0 fully saturated rings. The van der Waals surface area contributed by atoms with Crippen molar-refractivity contribution in [1.29, 1.82) is 0 Å². The van der Waals surface area contributed by atoms with E-state index in [1.807, 2.05) is 0 Å². The molecular weight excluding hydrogens is 1330 g/mol. The topological polar surface area (TPSA) is 154 Å². The van der Waals surface area contributed by atoms with Crippen LogP contribution in [0.3, 0.4) is 0 Å². The van der Waals surface area contributed by atoms with E-state index in [0.29, 0.717) is 52.9 Å². The van der Waals surface area contributed by atoms with Crippen molar-refractivity contribution in [2.45, 2.75) is 267 Å². The SMILES string of the molecule is CCCCCCOc1cc(OCCCCCC)cc(C2=c3ccc([nH]3)=C(c3ccc(OCCCCCCCCCCCCOC(C)=O)cc3)c3ccc([nH]3)C(c3cc(OCCCCCC)cc(OCCCCCC)c3)=c3ccc([nH]3)=C(c3cc(OCCCCCC)cc(OCCCCCC)c3)c3ccc2[nH]3)c1. The maximum absolute atomic E-state index is 11.1. The Kier molecular flexibility index (Phi) is 36.6. The van der Waals surface area contributed by atoms with Crippen LogP contribution in [0.15, 0.2) is 127 Å². The van der Waals surface area contributed by atoms with Gasteiger partial charge in [-0.15, -0.1) is 0 Å². The molecule has 4 aromatic heterocycles. The molecule has 0 spiro atoms. The number of H-pyrrole nitrogens is 4. The first-order chi connectivity index (χ1) is 52.7. The molecule has 0 unspecified atom stereocenters. The number of carbonyl (C=O) groups excluding carboxylic acids is 1. The fourth-order valence-corrected chi connectivity index (χ4v) is 14.3. The molecule has 0 saturated carbocycles. The van der Waals surface area contributed by atoms with Gasteiger partial charge in [0.2, 0.25) is 0 Å². The van der Waals surface area contributed by atoms with Gasteiger partial charge in [-0.1, -0.05) is 221 Å². The minimum atomic E-state index is -0.191. The third-order valence-electron chi connectivity index (χ3n) is 20.3. The zero-order valence-electron chi connectivity index (χ0n) is 66.5. The molecule has 0 amide bonds. The Morgan fingerprint density at radius 3 is 0.710 bits per heavy atom. The first-order valence-electron chi connectivity index (χ1n) is 42.0. The van der Waals surface area contributed by atoms with Gasteiger partial charge in [-0.25, -0.2) is 0 Å². The highest BCUT2D eigenvalue weighted by Gasteiger charge is 2.22. The molecule has 0 radical (unpaired) electrons. The van der Waals surface area contributed by atoms with Gasteiger partial charge in [-0.2, -0.15) is 0 Å². The van der Waals surface area contributed by atoms with Crippen molar-refractivity contribution in [2.75, 3.05) is 52.9 Å². The number of esters is 1. The van der Waals surface area contributed by atoms with Gasteiger partial charge in [0.1, 0.15) is 40.2 Å². The van der Waals surface area contributed by atoms with Crippen LogP contribution in [0, 0.1) is 0 Å². The highest BCUT2D eigenvalue weighted by molar-refractivity contribution is 5.86. The van der Waals surface area contributed by atoms with Gasteiger partial charge in [0.15, 0.2) is 0 Å². The van der Waals surface area contributed by atoms with Crippen molar-refractivity contribution >= 4 is 28.3 Å². The number of ether oxygens (including phenoxy) is 8. The summed E-state index contributed by atoms with van der Waals surface area (Å²) < 4.78 is 52.1. The second kappa shape index (κ2) is 47.4. The number of carbonyl (C=O) groups is 1. The van der Waals surface area contributed by atoms with Crippen molar-refractivity contribution in [2.24, 2.45) is 0 Å². The molecule has 8 bridgehead atoms. The van der Waals surface area contributed by atoms with E-state index in [0.717, 1.165) is 270 Å². The fourth-order valence-electron chi connectivity index (χ4n) is 14.3. The van der Waals surface area contributed by atoms with Gasteiger partial charge in [-0.3, -0.25) is 4.79 Å². The summed E-state index contributed by atoms with van der Waals surface area (Å²) in [6.45, 7) is 19.9. The predicted octanol–water partition coefficient (Wildman–Crippen LogP) is 21.9. The molecular formula is C94H130N4O9. The van der Waals surface area contributed by atoms with E-state index in [9.17, 15) is 4.79 Å². The van der Waals surface area contributed by atoms with E-state index in [2.05, 4.69) is 189 Å². The summed E-state index contributed by atoms with van der Waals surface area (Å²) in [5.74, 6) is 5.34. The van der Waals surface area contributed by atoms with Crippen molar-refractivity contribution < 1.29 is 42.7 Å². The van der Waals surface area contributed by atoms with Crippen LogP contribution in [0.1, 0.15) is 312 Å². The highest BCUT2D eigenvalue weighted by Crippen LogP contribution is 2.36. The third kappa shape index (κ3) is 27.3. The summed E-state index contributed by atoms with van der Waals surface area (Å²) in [7, 11) is 0. The number of hydrogen-bond acceptors (Lipinski definition) is 9. The van der Waals surface area contributed by atoms with Crippen LogP contribution in [0.4, 0.5) is 0 Å². The minimum absolute atomic E-state index is 0.191. The molecule has 0 saturated heterocycles. The average Bonchev–Trinajstić information content (AvgIpc) is 1.61. The second-order valence-corrected chi connectivity index (χ2v) is 29.4. The standard InChI is InChI=1S/C94H130N4O9/c1-8-14-20-34-56-102-77-62-73(63-78(68-77)103-57-35-21-15-9-2)92-85-48-46-83(95-85)91(72-42-44-76(45-43-72)101-55-41-33-31-29-27-26-28-30-32-40-54-100-71(7)99)84-47-49-86(96-84)93(74-64-79(104-58-36-22-16-10-3)69-80(65-74)105-59-37-23-17-11-4)88-51-53-90(98-88)94(89-52-50-87(92)97-89)75-66-81(106-60-38-24-18-12-5)70-82(67-75)107-61-39-25-19-13-6/h42-53,62-70,95-98H,8-41,54-61H2,1-7H3. The summed E-state index contributed by atoms with van der Waals surface area (Å²) in [6, 6.07) is 45.9. The molecule has 4 N–H and O–H groups in total. The Morgan fingerprint density at radius 1 is 0.234 bits per heavy atom. The van der Waals surface area contributed by atoms with Crippen molar-refractivity contribution in [3.63, 3.8) is 0 Å². The maximum atomic E-state index is 11.1. The van der Waals surface area contributed by atoms with Crippen molar-refractivity contribution in [3.8, 4) is 40.2 Å². The zero-order valence-corrected chi connectivity index (χ0v) is 66.5. The largest absolute Gasteiger partial charge is 0.494 e. The molecule has 4 aromatic carbocycles. The fraction of sp³-hybridized carbons (Fsp3) is 0.521. The molecule has 13 heteroatoms. The molecule has 0 atom stereocenters. The van der Waals surface area contributed by atoms with Gasteiger partial charge in [0.05, 0.1) is 52.9 Å². The number of aromatic nitrogens is 4. The van der Waals surface area contributed by atoms with Crippen molar-refractivity contribution in [3.05, 3.63) is 194 Å². The summed E-state index contributed by atoms with van der Waals surface area (Å²) >= 11 is 0. The zero-order chi connectivity index (χ0) is 74.9. The lowest BCUT2D eigenvalue weighted by molar-refractivity contribution is -0.141. The van der Waals surface area contributed by atoms with Crippen LogP contribution in [0.25, 0.3) is 22.3 Å². The summed E-state index contributed by atoms with van der Waals surface area (Å²) in [5.41, 5.74) is 11.5. The molecule has 107 heavy (non-hydrogen) atoms. The maximum Gasteiger partial charge on any atom is 0.302 e. The first-order valence-corrected chi connectivity index (χ1v) is 42.0. The Balaban J connectivity index is 1.22. The lowest BCUT2D eigenvalue weighted by Gasteiger charge is -2.15. The van der Waals surface area contributed by atoms with Crippen LogP contribution < -0.4 is 54.6 Å². The Bertz CT molecular complexity index is 4030. The van der Waals surface area contributed by atoms with Crippen LogP contribution >= 0.6 is 0 Å². The van der Waals surface area contributed by atoms with Crippen LogP contribution in [0.2, 0.25) is 0 Å². The molecule has 1 aliphatic rings. The molecule has 13 nitrogen and oxygen atoms in total. The van der Waals surface area contributed by atoms with Crippen LogP contribution in [-0.2, 0) is 9.53 Å². The number of fused-ring (bicyclic) bond motifs is 8. The third-order valence-corrected chi connectivity index (χ3v) is 20.3. The van der Waals surface area contributed by atoms with E-state index < -0.39 is 0 Å². The Labute approximate surface area is 641 Å². The van der Waals surface area contributed by atoms with E-state index in [1.165, 1.54) is 84.0 Å². The molecule has 8 aromatic rings. The van der Waals surface area contributed by atoms with Gasteiger partial charge >= 0.3 is 5.97 Å². The normalized spacial score (nSPS) is 12.1. The number of nitrogens with one attached hydrogen (secondary N) is 4. The van der Waals surface area contributed by atoms with Crippen LogP contribution in [-0.4, -0.2) is 78.8 Å². The van der Waals surface area contributed by atoms with Gasteiger partial charge < -0.3 is 57.8 Å². The first kappa shape index (κ1) is 82.6. The van der Waals surface area contributed by atoms with E-state index in [-0.39, 0.29) is 5.97 Å². The van der Waals surface area contributed by atoms with E-state index >= 15 is 0 Å². The lowest BCUT2D eigenvalue weighted by atomic mass is 10.0. The summed E-state index contributed by atoms with van der Waals surface area (Å²) in [5, 5.41) is 3.70. The Morgan fingerprint density at radius 2 is 0.458 bits per heavy atom. The monoisotopic (exact) mass is 1460 g/mol. The van der Waals surface area contributed by atoms with E-state index in [1.54, 1.807) is 0 Å². The van der Waals surface area contributed by atoms with Crippen molar-refractivity contribution in [1.82, 2.24) is 19.9 Å². The average molecular weight is 1460 g/mol. The number of benzene rings is 4. The molecule has 1 aliphatic heterocycles. The number of rotatable bonds is 54. The number of hydrogen-bond donors (Lipinski definition) is 4. The van der Waals surface area contributed by atoms with E-state index in [4.69, 9.17) is 37.9 Å². The van der Waals surface area contributed by atoms with Gasteiger partial charge in [-0.05, 0) is 171 Å². The number of aromatic amines is 4.